The minimum atomic E-state index is -0.269. The SMILES string of the molecule is CC[C@@H](C)NC(=O)C/C(C)=N/NC(=O)c1ccccc1C. The zero-order valence-corrected chi connectivity index (χ0v) is 13.1. The smallest absolute Gasteiger partial charge is 0.271 e. The van der Waals surface area contributed by atoms with Gasteiger partial charge in [0, 0.05) is 17.3 Å². The molecule has 5 heteroatoms. The molecule has 2 amide bonds. The molecule has 2 N–H and O–H groups in total. The Balaban J connectivity index is 2.54. The summed E-state index contributed by atoms with van der Waals surface area (Å²) in [5.41, 5.74) is 4.52. The third-order valence-electron chi connectivity index (χ3n) is 3.17. The van der Waals surface area contributed by atoms with E-state index < -0.39 is 0 Å². The van der Waals surface area contributed by atoms with Crippen LogP contribution in [0.5, 0.6) is 0 Å². The maximum atomic E-state index is 12.0. The van der Waals surface area contributed by atoms with Crippen LogP contribution in [0.2, 0.25) is 0 Å². The molecule has 1 aromatic rings. The third kappa shape index (κ3) is 5.77. The van der Waals surface area contributed by atoms with Crippen LogP contribution in [0.15, 0.2) is 29.4 Å². The van der Waals surface area contributed by atoms with E-state index in [9.17, 15) is 9.59 Å². The highest BCUT2D eigenvalue weighted by molar-refractivity contribution is 6.01. The first kappa shape index (κ1) is 16.9. The molecule has 0 heterocycles. The maximum Gasteiger partial charge on any atom is 0.271 e. The van der Waals surface area contributed by atoms with Gasteiger partial charge >= 0.3 is 0 Å². The Morgan fingerprint density at radius 2 is 1.95 bits per heavy atom. The highest BCUT2D eigenvalue weighted by Crippen LogP contribution is 2.06. The monoisotopic (exact) mass is 289 g/mol. The number of nitrogens with zero attached hydrogens (tertiary/aromatic N) is 1. The van der Waals surface area contributed by atoms with Crippen molar-refractivity contribution < 1.29 is 9.59 Å². The van der Waals surface area contributed by atoms with Crippen LogP contribution in [0.1, 0.15) is 49.5 Å². The lowest BCUT2D eigenvalue weighted by molar-refractivity contribution is -0.120. The first-order valence-corrected chi connectivity index (χ1v) is 7.12. The van der Waals surface area contributed by atoms with Crippen molar-refractivity contribution in [1.29, 1.82) is 0 Å². The highest BCUT2D eigenvalue weighted by Gasteiger charge is 2.09. The number of carbonyl (C=O) groups is 2. The zero-order chi connectivity index (χ0) is 15.8. The second-order valence-corrected chi connectivity index (χ2v) is 5.16. The van der Waals surface area contributed by atoms with Crippen molar-refractivity contribution in [2.45, 2.75) is 46.6 Å². The van der Waals surface area contributed by atoms with Crippen molar-refractivity contribution in [3.63, 3.8) is 0 Å². The van der Waals surface area contributed by atoms with Crippen molar-refractivity contribution in [3.8, 4) is 0 Å². The van der Waals surface area contributed by atoms with Crippen LogP contribution >= 0.6 is 0 Å². The highest BCUT2D eigenvalue weighted by atomic mass is 16.2. The molecule has 0 saturated heterocycles. The normalized spacial score (nSPS) is 12.7. The number of hydrogen-bond donors (Lipinski definition) is 2. The Morgan fingerprint density at radius 1 is 1.29 bits per heavy atom. The number of hydrogen-bond acceptors (Lipinski definition) is 3. The second kappa shape index (κ2) is 8.19. The molecule has 1 rings (SSSR count). The van der Waals surface area contributed by atoms with Gasteiger partial charge in [-0.25, -0.2) is 5.43 Å². The van der Waals surface area contributed by atoms with E-state index >= 15 is 0 Å². The number of amides is 2. The van der Waals surface area contributed by atoms with E-state index in [-0.39, 0.29) is 24.3 Å². The fourth-order valence-electron chi connectivity index (χ4n) is 1.73. The first-order chi connectivity index (χ1) is 9.93. The van der Waals surface area contributed by atoms with E-state index in [4.69, 9.17) is 0 Å². The average molecular weight is 289 g/mol. The number of aryl methyl sites for hydroxylation is 1. The first-order valence-electron chi connectivity index (χ1n) is 7.12. The van der Waals surface area contributed by atoms with E-state index in [1.54, 1.807) is 19.1 Å². The molecule has 0 aliphatic heterocycles. The molecular weight excluding hydrogens is 266 g/mol. The summed E-state index contributed by atoms with van der Waals surface area (Å²) in [7, 11) is 0. The number of hydrazone groups is 1. The maximum absolute atomic E-state index is 12.0. The average Bonchev–Trinajstić information content (AvgIpc) is 2.44. The fraction of sp³-hybridized carbons (Fsp3) is 0.438. The zero-order valence-electron chi connectivity index (χ0n) is 13.1. The van der Waals surface area contributed by atoms with Crippen molar-refractivity contribution in [3.05, 3.63) is 35.4 Å². The van der Waals surface area contributed by atoms with Gasteiger partial charge in [0.2, 0.25) is 5.91 Å². The molecule has 1 atom stereocenters. The molecule has 0 fully saturated rings. The van der Waals surface area contributed by atoms with Crippen molar-refractivity contribution in [1.82, 2.24) is 10.7 Å². The Labute approximate surface area is 125 Å². The summed E-state index contributed by atoms with van der Waals surface area (Å²) >= 11 is 0. The largest absolute Gasteiger partial charge is 0.353 e. The molecule has 0 spiro atoms. The quantitative estimate of drug-likeness (QED) is 0.623. The van der Waals surface area contributed by atoms with Gasteiger partial charge < -0.3 is 5.32 Å². The number of carbonyl (C=O) groups excluding carboxylic acids is 2. The predicted molar refractivity (Wildman–Crippen MR) is 84.3 cm³/mol. The summed E-state index contributed by atoms with van der Waals surface area (Å²) in [6, 6.07) is 7.43. The molecule has 0 aliphatic rings. The van der Waals surface area contributed by atoms with Gasteiger partial charge in [0.25, 0.3) is 5.91 Å². The van der Waals surface area contributed by atoms with Gasteiger partial charge in [-0.15, -0.1) is 0 Å². The molecule has 1 aromatic carbocycles. The van der Waals surface area contributed by atoms with E-state index in [1.165, 1.54) is 0 Å². The summed E-state index contributed by atoms with van der Waals surface area (Å²) < 4.78 is 0. The Bertz CT molecular complexity index is 538. The standard InChI is InChI=1S/C16H23N3O2/c1-5-12(3)17-15(20)10-13(4)18-19-16(21)14-9-7-6-8-11(14)2/h6-9,12H,5,10H2,1-4H3,(H,17,20)(H,19,21)/b18-13+/t12-/m1/s1. The fourth-order valence-corrected chi connectivity index (χ4v) is 1.73. The molecular formula is C16H23N3O2. The van der Waals surface area contributed by atoms with Gasteiger partial charge in [0.15, 0.2) is 0 Å². The van der Waals surface area contributed by atoms with Gasteiger partial charge in [0.1, 0.15) is 0 Å². The van der Waals surface area contributed by atoms with Crippen LogP contribution in [0.3, 0.4) is 0 Å². The van der Waals surface area contributed by atoms with Crippen LogP contribution in [-0.4, -0.2) is 23.6 Å². The van der Waals surface area contributed by atoms with E-state index in [1.807, 2.05) is 32.9 Å². The lowest BCUT2D eigenvalue weighted by Crippen LogP contribution is -2.33. The van der Waals surface area contributed by atoms with Gasteiger partial charge in [-0.2, -0.15) is 5.10 Å². The molecule has 0 bridgehead atoms. The topological polar surface area (TPSA) is 70.6 Å². The molecule has 0 aliphatic carbocycles. The minimum Gasteiger partial charge on any atom is -0.353 e. The molecule has 5 nitrogen and oxygen atoms in total. The van der Waals surface area contributed by atoms with Gasteiger partial charge in [0.05, 0.1) is 6.42 Å². The number of benzene rings is 1. The number of nitrogens with one attached hydrogen (secondary N) is 2. The Morgan fingerprint density at radius 3 is 2.57 bits per heavy atom. The van der Waals surface area contributed by atoms with E-state index in [0.29, 0.717) is 11.3 Å². The molecule has 0 unspecified atom stereocenters. The summed E-state index contributed by atoms with van der Waals surface area (Å²) in [4.78, 5) is 23.6. The van der Waals surface area contributed by atoms with Crippen molar-refractivity contribution in [2.24, 2.45) is 5.10 Å². The molecule has 114 valence electrons. The second-order valence-electron chi connectivity index (χ2n) is 5.16. The molecule has 21 heavy (non-hydrogen) atoms. The third-order valence-corrected chi connectivity index (χ3v) is 3.17. The summed E-state index contributed by atoms with van der Waals surface area (Å²) in [6.45, 7) is 7.54. The summed E-state index contributed by atoms with van der Waals surface area (Å²) in [6.07, 6.45) is 1.06. The Hall–Kier alpha value is -2.17. The predicted octanol–water partition coefficient (Wildman–Crippen LogP) is 2.41. The van der Waals surface area contributed by atoms with Crippen LogP contribution in [0.25, 0.3) is 0 Å². The molecule has 0 radical (unpaired) electrons. The van der Waals surface area contributed by atoms with Gasteiger partial charge in [-0.1, -0.05) is 25.1 Å². The van der Waals surface area contributed by atoms with E-state index in [0.717, 1.165) is 12.0 Å². The minimum absolute atomic E-state index is 0.0873. The van der Waals surface area contributed by atoms with Crippen LogP contribution in [-0.2, 0) is 4.79 Å². The van der Waals surface area contributed by atoms with Crippen LogP contribution in [0, 0.1) is 6.92 Å². The number of rotatable bonds is 6. The molecule has 0 saturated carbocycles. The summed E-state index contributed by atoms with van der Waals surface area (Å²) in [5.74, 6) is -0.356. The Kier molecular flexibility index (Phi) is 6.59. The molecule has 0 aromatic heterocycles. The van der Waals surface area contributed by atoms with Crippen molar-refractivity contribution in [2.75, 3.05) is 0 Å². The van der Waals surface area contributed by atoms with Gasteiger partial charge in [-0.3, -0.25) is 9.59 Å². The lowest BCUT2D eigenvalue weighted by Gasteiger charge is -2.11. The summed E-state index contributed by atoms with van der Waals surface area (Å²) in [5, 5.41) is 6.83. The van der Waals surface area contributed by atoms with Gasteiger partial charge in [-0.05, 0) is 38.8 Å². The van der Waals surface area contributed by atoms with Crippen LogP contribution < -0.4 is 10.7 Å². The lowest BCUT2D eigenvalue weighted by atomic mass is 10.1. The van der Waals surface area contributed by atoms with E-state index in [2.05, 4.69) is 15.8 Å². The van der Waals surface area contributed by atoms with Crippen molar-refractivity contribution >= 4 is 17.5 Å². The van der Waals surface area contributed by atoms with Crippen LogP contribution in [0.4, 0.5) is 0 Å².